The Kier molecular flexibility index (Phi) is 7.27. The highest BCUT2D eigenvalue weighted by molar-refractivity contribution is 5.75. The average molecular weight is 290 g/mol. The Bertz CT molecular complexity index is 418. The van der Waals surface area contributed by atoms with E-state index < -0.39 is 0 Å². The molecule has 0 saturated heterocycles. The molecule has 0 saturated carbocycles. The first kappa shape index (κ1) is 17.5. The van der Waals surface area contributed by atoms with Gasteiger partial charge in [0.25, 0.3) is 0 Å². The molecule has 0 aromatic heterocycles. The number of benzene rings is 1. The van der Waals surface area contributed by atoms with Gasteiger partial charge in [-0.3, -0.25) is 4.79 Å². The number of carbonyl (C=O) groups is 1. The first-order chi connectivity index (χ1) is 9.87. The van der Waals surface area contributed by atoms with Crippen LogP contribution in [0.15, 0.2) is 24.3 Å². The normalized spacial score (nSPS) is 11.4. The molecule has 0 radical (unpaired) electrons. The summed E-state index contributed by atoms with van der Waals surface area (Å²) in [5.74, 6) is 0.184. The molecular weight excluding hydrogens is 260 g/mol. The third-order valence-corrected chi connectivity index (χ3v) is 3.55. The van der Waals surface area contributed by atoms with Crippen LogP contribution in [0.4, 0.5) is 5.69 Å². The van der Waals surface area contributed by atoms with Crippen LogP contribution < -0.4 is 11.1 Å². The SMILES string of the molecule is CC(C)(C)CCC(=O)NCCCCCc1ccc(N)cc1. The molecule has 0 aliphatic rings. The number of unbranched alkanes of at least 4 members (excludes halogenated alkanes) is 2. The van der Waals surface area contributed by atoms with Gasteiger partial charge in [0.15, 0.2) is 0 Å². The molecule has 0 aliphatic heterocycles. The Morgan fingerprint density at radius 1 is 1.10 bits per heavy atom. The van der Waals surface area contributed by atoms with E-state index in [1.165, 1.54) is 5.56 Å². The summed E-state index contributed by atoms with van der Waals surface area (Å²) < 4.78 is 0. The maximum Gasteiger partial charge on any atom is 0.220 e. The zero-order valence-corrected chi connectivity index (χ0v) is 13.7. The lowest BCUT2D eigenvalue weighted by atomic mass is 9.90. The Balaban J connectivity index is 2.02. The zero-order chi connectivity index (χ0) is 15.7. The summed E-state index contributed by atoms with van der Waals surface area (Å²) in [5.41, 5.74) is 8.04. The first-order valence-corrected chi connectivity index (χ1v) is 7.98. The van der Waals surface area contributed by atoms with Crippen molar-refractivity contribution in [2.75, 3.05) is 12.3 Å². The van der Waals surface area contributed by atoms with Gasteiger partial charge in [0.05, 0.1) is 0 Å². The van der Waals surface area contributed by atoms with Crippen LogP contribution >= 0.6 is 0 Å². The van der Waals surface area contributed by atoms with Crippen molar-refractivity contribution in [1.29, 1.82) is 0 Å². The second-order valence-corrected chi connectivity index (χ2v) is 6.96. The summed E-state index contributed by atoms with van der Waals surface area (Å²) in [6.45, 7) is 7.29. The summed E-state index contributed by atoms with van der Waals surface area (Å²) in [5, 5.41) is 3.01. The minimum Gasteiger partial charge on any atom is -0.399 e. The van der Waals surface area contributed by atoms with E-state index in [-0.39, 0.29) is 11.3 Å². The van der Waals surface area contributed by atoms with Crippen LogP contribution in [0.3, 0.4) is 0 Å². The summed E-state index contributed by atoms with van der Waals surface area (Å²) in [6.07, 6.45) is 6.01. The number of nitrogen functional groups attached to an aromatic ring is 1. The highest BCUT2D eigenvalue weighted by atomic mass is 16.1. The van der Waals surface area contributed by atoms with Crippen molar-refractivity contribution in [3.05, 3.63) is 29.8 Å². The van der Waals surface area contributed by atoms with E-state index in [1.54, 1.807) is 0 Å². The largest absolute Gasteiger partial charge is 0.399 e. The van der Waals surface area contributed by atoms with Crippen molar-refractivity contribution in [3.63, 3.8) is 0 Å². The molecule has 0 bridgehead atoms. The van der Waals surface area contributed by atoms with Gasteiger partial charge in [0, 0.05) is 18.7 Å². The third-order valence-electron chi connectivity index (χ3n) is 3.55. The predicted octanol–water partition coefficient (Wildman–Crippen LogP) is 3.92. The van der Waals surface area contributed by atoms with Crippen LogP contribution in [0.5, 0.6) is 0 Å². The number of nitrogens with one attached hydrogen (secondary N) is 1. The summed E-state index contributed by atoms with van der Waals surface area (Å²) in [4.78, 5) is 11.7. The first-order valence-electron chi connectivity index (χ1n) is 7.98. The molecule has 0 spiro atoms. The molecule has 1 amide bonds. The monoisotopic (exact) mass is 290 g/mol. The van der Waals surface area contributed by atoms with E-state index in [4.69, 9.17) is 5.73 Å². The van der Waals surface area contributed by atoms with Gasteiger partial charge in [-0.25, -0.2) is 0 Å². The number of hydrogen-bond donors (Lipinski definition) is 2. The van der Waals surface area contributed by atoms with E-state index in [2.05, 4.69) is 38.2 Å². The number of amides is 1. The van der Waals surface area contributed by atoms with Crippen LogP contribution in [0.25, 0.3) is 0 Å². The van der Waals surface area contributed by atoms with Gasteiger partial charge in [-0.05, 0) is 48.8 Å². The van der Waals surface area contributed by atoms with Crippen LogP contribution in [0.1, 0.15) is 58.4 Å². The lowest BCUT2D eigenvalue weighted by Gasteiger charge is -2.17. The molecule has 0 aliphatic carbocycles. The molecule has 1 aromatic carbocycles. The highest BCUT2D eigenvalue weighted by Crippen LogP contribution is 2.20. The van der Waals surface area contributed by atoms with E-state index in [1.807, 2.05) is 12.1 Å². The van der Waals surface area contributed by atoms with Crippen LogP contribution in [-0.2, 0) is 11.2 Å². The highest BCUT2D eigenvalue weighted by Gasteiger charge is 2.12. The van der Waals surface area contributed by atoms with Crippen molar-refractivity contribution in [2.45, 2.75) is 59.3 Å². The molecule has 3 N–H and O–H groups in total. The molecule has 118 valence electrons. The van der Waals surface area contributed by atoms with Gasteiger partial charge >= 0.3 is 0 Å². The smallest absolute Gasteiger partial charge is 0.220 e. The molecule has 0 fully saturated rings. The third kappa shape index (κ3) is 9.11. The van der Waals surface area contributed by atoms with Gasteiger partial charge < -0.3 is 11.1 Å². The molecule has 1 aromatic rings. The predicted molar refractivity (Wildman–Crippen MR) is 90.1 cm³/mol. The molecule has 3 nitrogen and oxygen atoms in total. The topological polar surface area (TPSA) is 55.1 Å². The minimum atomic E-state index is 0.184. The fourth-order valence-electron chi connectivity index (χ4n) is 2.12. The number of anilines is 1. The lowest BCUT2D eigenvalue weighted by Crippen LogP contribution is -2.25. The number of aryl methyl sites for hydroxylation is 1. The fourth-order valence-corrected chi connectivity index (χ4v) is 2.12. The van der Waals surface area contributed by atoms with E-state index in [0.717, 1.165) is 44.3 Å². The maximum absolute atomic E-state index is 11.7. The number of carbonyl (C=O) groups excluding carboxylic acids is 1. The van der Waals surface area contributed by atoms with E-state index >= 15 is 0 Å². The molecule has 1 rings (SSSR count). The Labute approximate surface area is 129 Å². The lowest BCUT2D eigenvalue weighted by molar-refractivity contribution is -0.121. The van der Waals surface area contributed by atoms with Crippen molar-refractivity contribution in [1.82, 2.24) is 5.32 Å². The molecule has 0 atom stereocenters. The van der Waals surface area contributed by atoms with Crippen molar-refractivity contribution < 1.29 is 4.79 Å². The Morgan fingerprint density at radius 2 is 1.76 bits per heavy atom. The van der Waals surface area contributed by atoms with E-state index in [9.17, 15) is 4.79 Å². The molecule has 21 heavy (non-hydrogen) atoms. The van der Waals surface area contributed by atoms with Crippen LogP contribution in [0.2, 0.25) is 0 Å². The van der Waals surface area contributed by atoms with Crippen molar-refractivity contribution >= 4 is 11.6 Å². The van der Waals surface area contributed by atoms with Crippen molar-refractivity contribution in [3.8, 4) is 0 Å². The van der Waals surface area contributed by atoms with Crippen LogP contribution in [-0.4, -0.2) is 12.5 Å². The van der Waals surface area contributed by atoms with Gasteiger partial charge in [-0.2, -0.15) is 0 Å². The van der Waals surface area contributed by atoms with Gasteiger partial charge in [0.1, 0.15) is 0 Å². The second kappa shape index (κ2) is 8.71. The molecule has 0 unspecified atom stereocenters. The zero-order valence-electron chi connectivity index (χ0n) is 13.7. The standard InChI is InChI=1S/C18H30N2O/c1-18(2,3)13-12-17(21)20-14-6-4-5-7-15-8-10-16(19)11-9-15/h8-11H,4-7,12-14,19H2,1-3H3,(H,20,21). The summed E-state index contributed by atoms with van der Waals surface area (Å²) >= 11 is 0. The van der Waals surface area contributed by atoms with Gasteiger partial charge in [-0.1, -0.05) is 39.3 Å². The quantitative estimate of drug-likeness (QED) is 0.563. The van der Waals surface area contributed by atoms with Gasteiger partial charge in [0.2, 0.25) is 5.91 Å². The van der Waals surface area contributed by atoms with E-state index in [0.29, 0.717) is 6.42 Å². The Morgan fingerprint density at radius 3 is 2.38 bits per heavy atom. The average Bonchev–Trinajstić information content (AvgIpc) is 2.41. The minimum absolute atomic E-state index is 0.184. The molecular formula is C18H30N2O. The van der Waals surface area contributed by atoms with Crippen LogP contribution in [0, 0.1) is 5.41 Å². The Hall–Kier alpha value is -1.51. The fraction of sp³-hybridized carbons (Fsp3) is 0.611. The van der Waals surface area contributed by atoms with Crippen molar-refractivity contribution in [2.24, 2.45) is 5.41 Å². The summed E-state index contributed by atoms with van der Waals surface area (Å²) in [6, 6.07) is 8.07. The number of rotatable bonds is 8. The summed E-state index contributed by atoms with van der Waals surface area (Å²) in [7, 11) is 0. The van der Waals surface area contributed by atoms with Gasteiger partial charge in [-0.15, -0.1) is 0 Å². The maximum atomic E-state index is 11.7. The number of hydrogen-bond acceptors (Lipinski definition) is 2. The number of nitrogens with two attached hydrogens (primary N) is 1. The second-order valence-electron chi connectivity index (χ2n) is 6.96. The molecule has 0 heterocycles. The molecule has 3 heteroatoms.